The van der Waals surface area contributed by atoms with Crippen molar-refractivity contribution < 1.29 is 0 Å². The minimum absolute atomic E-state index is 0.231. The normalized spacial score (nSPS) is 12.9. The third-order valence-electron chi connectivity index (χ3n) is 3.44. The first-order valence-electron chi connectivity index (χ1n) is 7.09. The highest BCUT2D eigenvalue weighted by atomic mass is 32.1. The van der Waals surface area contributed by atoms with Gasteiger partial charge in [-0.3, -0.25) is 4.90 Å². The van der Waals surface area contributed by atoms with Crippen LogP contribution in [-0.2, 0) is 0 Å². The van der Waals surface area contributed by atoms with Crippen LogP contribution in [-0.4, -0.2) is 29.5 Å². The van der Waals surface area contributed by atoms with Crippen LogP contribution in [0.2, 0.25) is 0 Å². The van der Waals surface area contributed by atoms with Gasteiger partial charge in [-0.2, -0.15) is 0 Å². The molecule has 0 aromatic heterocycles. The van der Waals surface area contributed by atoms with Crippen molar-refractivity contribution in [1.29, 1.82) is 0 Å². The lowest BCUT2D eigenvalue weighted by Gasteiger charge is -2.23. The fraction of sp³-hybridized carbons (Fsp3) is 0.929. The van der Waals surface area contributed by atoms with E-state index in [1.807, 2.05) is 0 Å². The SMILES string of the molecule is CCCCCCCCCCN(C)C(C)C(N)=S. The van der Waals surface area contributed by atoms with Crippen LogP contribution >= 0.6 is 12.2 Å². The Morgan fingerprint density at radius 2 is 1.53 bits per heavy atom. The van der Waals surface area contributed by atoms with Crippen LogP contribution in [0, 0.1) is 0 Å². The Balaban J connectivity index is 3.30. The molecule has 0 heterocycles. The van der Waals surface area contributed by atoms with Crippen molar-refractivity contribution in [3.63, 3.8) is 0 Å². The Hall–Kier alpha value is -0.150. The molecule has 0 spiro atoms. The fourth-order valence-corrected chi connectivity index (χ4v) is 2.09. The van der Waals surface area contributed by atoms with E-state index in [9.17, 15) is 0 Å². The maximum Gasteiger partial charge on any atom is 0.0899 e. The van der Waals surface area contributed by atoms with Gasteiger partial charge < -0.3 is 5.73 Å². The highest BCUT2D eigenvalue weighted by molar-refractivity contribution is 7.80. The highest BCUT2D eigenvalue weighted by Crippen LogP contribution is 2.09. The van der Waals surface area contributed by atoms with E-state index in [1.54, 1.807) is 0 Å². The lowest BCUT2D eigenvalue weighted by molar-refractivity contribution is 0.303. The Labute approximate surface area is 113 Å². The van der Waals surface area contributed by atoms with E-state index in [4.69, 9.17) is 18.0 Å². The van der Waals surface area contributed by atoms with Gasteiger partial charge in [0, 0.05) is 0 Å². The molecule has 0 radical (unpaired) electrons. The zero-order valence-electron chi connectivity index (χ0n) is 11.9. The van der Waals surface area contributed by atoms with Gasteiger partial charge >= 0.3 is 0 Å². The van der Waals surface area contributed by atoms with Gasteiger partial charge in [-0.25, -0.2) is 0 Å². The molecule has 2 N–H and O–H groups in total. The molecule has 0 amide bonds. The van der Waals surface area contributed by atoms with Crippen molar-refractivity contribution in [3.05, 3.63) is 0 Å². The van der Waals surface area contributed by atoms with E-state index >= 15 is 0 Å². The van der Waals surface area contributed by atoms with Crippen molar-refractivity contribution in [3.8, 4) is 0 Å². The molecule has 0 saturated carbocycles. The minimum Gasteiger partial charge on any atom is -0.392 e. The first-order chi connectivity index (χ1) is 8.09. The first-order valence-corrected chi connectivity index (χ1v) is 7.50. The second-order valence-electron chi connectivity index (χ2n) is 5.03. The first kappa shape index (κ1) is 16.9. The summed E-state index contributed by atoms with van der Waals surface area (Å²) in [5.41, 5.74) is 5.63. The number of hydrogen-bond acceptors (Lipinski definition) is 2. The standard InChI is InChI=1S/C14H30N2S/c1-4-5-6-7-8-9-10-11-12-16(3)13(2)14(15)17/h13H,4-12H2,1-3H3,(H2,15,17). The van der Waals surface area contributed by atoms with Gasteiger partial charge in [0.1, 0.15) is 0 Å². The van der Waals surface area contributed by atoms with E-state index < -0.39 is 0 Å². The summed E-state index contributed by atoms with van der Waals surface area (Å²) in [5.74, 6) is 0. The largest absolute Gasteiger partial charge is 0.392 e. The van der Waals surface area contributed by atoms with Crippen LogP contribution in [0.3, 0.4) is 0 Å². The summed E-state index contributed by atoms with van der Waals surface area (Å²) in [4.78, 5) is 2.85. The van der Waals surface area contributed by atoms with Crippen molar-refractivity contribution in [2.24, 2.45) is 5.73 Å². The van der Waals surface area contributed by atoms with E-state index in [1.165, 1.54) is 51.4 Å². The lowest BCUT2D eigenvalue weighted by Crippen LogP contribution is -2.39. The van der Waals surface area contributed by atoms with Crippen LogP contribution in [0.15, 0.2) is 0 Å². The van der Waals surface area contributed by atoms with E-state index in [0.29, 0.717) is 4.99 Å². The molecule has 0 rings (SSSR count). The fourth-order valence-electron chi connectivity index (χ4n) is 1.91. The van der Waals surface area contributed by atoms with Crippen molar-refractivity contribution in [1.82, 2.24) is 4.90 Å². The average molecular weight is 258 g/mol. The third kappa shape index (κ3) is 9.54. The maximum atomic E-state index is 5.63. The maximum absolute atomic E-state index is 5.63. The third-order valence-corrected chi connectivity index (χ3v) is 3.78. The molecule has 2 nitrogen and oxygen atoms in total. The molecule has 0 aliphatic carbocycles. The predicted molar refractivity (Wildman–Crippen MR) is 81.5 cm³/mol. The van der Waals surface area contributed by atoms with Gasteiger partial charge in [0.2, 0.25) is 0 Å². The van der Waals surface area contributed by atoms with E-state index in [2.05, 4.69) is 25.8 Å². The van der Waals surface area contributed by atoms with Crippen LogP contribution in [0.1, 0.15) is 65.2 Å². The van der Waals surface area contributed by atoms with Crippen LogP contribution in [0.4, 0.5) is 0 Å². The van der Waals surface area contributed by atoms with Gasteiger partial charge in [0.05, 0.1) is 11.0 Å². The summed E-state index contributed by atoms with van der Waals surface area (Å²) in [5, 5.41) is 0. The Morgan fingerprint density at radius 3 is 2.00 bits per heavy atom. The number of nitrogens with two attached hydrogens (primary N) is 1. The number of nitrogens with zero attached hydrogens (tertiary/aromatic N) is 1. The summed E-state index contributed by atoms with van der Waals surface area (Å²) in [6.45, 7) is 5.44. The monoisotopic (exact) mass is 258 g/mol. The summed E-state index contributed by atoms with van der Waals surface area (Å²) in [7, 11) is 2.10. The molecule has 1 unspecified atom stereocenters. The number of unbranched alkanes of at least 4 members (excludes halogenated alkanes) is 7. The number of thiocarbonyl (C=S) groups is 1. The molecule has 0 aromatic carbocycles. The molecule has 0 aromatic rings. The van der Waals surface area contributed by atoms with Gasteiger partial charge in [0.15, 0.2) is 0 Å². The van der Waals surface area contributed by atoms with Crippen molar-refractivity contribution >= 4 is 17.2 Å². The highest BCUT2D eigenvalue weighted by Gasteiger charge is 2.10. The summed E-state index contributed by atoms with van der Waals surface area (Å²) < 4.78 is 0. The van der Waals surface area contributed by atoms with Crippen LogP contribution in [0.25, 0.3) is 0 Å². The van der Waals surface area contributed by atoms with Gasteiger partial charge in [-0.05, 0) is 26.9 Å². The molecular formula is C14H30N2S. The average Bonchev–Trinajstić information content (AvgIpc) is 2.31. The Bertz CT molecular complexity index is 195. The Morgan fingerprint density at radius 1 is 1.06 bits per heavy atom. The Kier molecular flexibility index (Phi) is 10.9. The molecule has 0 saturated heterocycles. The summed E-state index contributed by atoms with van der Waals surface area (Å²) in [6.07, 6.45) is 10.9. The lowest BCUT2D eigenvalue weighted by atomic mass is 10.1. The number of hydrogen-bond donors (Lipinski definition) is 1. The van der Waals surface area contributed by atoms with Gasteiger partial charge in [-0.15, -0.1) is 0 Å². The molecular weight excluding hydrogens is 228 g/mol. The van der Waals surface area contributed by atoms with Gasteiger partial charge in [0.25, 0.3) is 0 Å². The minimum atomic E-state index is 0.231. The molecule has 0 aliphatic heterocycles. The van der Waals surface area contributed by atoms with Gasteiger partial charge in [-0.1, -0.05) is 64.1 Å². The number of rotatable bonds is 11. The second-order valence-corrected chi connectivity index (χ2v) is 5.51. The molecule has 3 heteroatoms. The van der Waals surface area contributed by atoms with Crippen molar-refractivity contribution in [2.75, 3.05) is 13.6 Å². The summed E-state index contributed by atoms with van der Waals surface area (Å²) >= 11 is 4.99. The quantitative estimate of drug-likeness (QED) is 0.452. The smallest absolute Gasteiger partial charge is 0.0899 e. The molecule has 0 fully saturated rings. The molecule has 0 bridgehead atoms. The zero-order valence-corrected chi connectivity index (χ0v) is 12.7. The zero-order chi connectivity index (χ0) is 13.1. The van der Waals surface area contributed by atoms with Crippen LogP contribution in [0.5, 0.6) is 0 Å². The van der Waals surface area contributed by atoms with E-state index in [0.717, 1.165) is 6.54 Å². The topological polar surface area (TPSA) is 29.3 Å². The van der Waals surface area contributed by atoms with E-state index in [-0.39, 0.29) is 6.04 Å². The van der Waals surface area contributed by atoms with Crippen LogP contribution < -0.4 is 5.73 Å². The number of likely N-dealkylation sites (N-methyl/N-ethyl adjacent to an activating group) is 1. The second kappa shape index (κ2) is 11.0. The molecule has 1 atom stereocenters. The molecule has 102 valence electrons. The summed E-state index contributed by atoms with van der Waals surface area (Å²) in [6, 6.07) is 0.231. The van der Waals surface area contributed by atoms with Crippen molar-refractivity contribution in [2.45, 2.75) is 71.3 Å². The molecule has 17 heavy (non-hydrogen) atoms. The predicted octanol–water partition coefficient (Wildman–Crippen LogP) is 3.73. The molecule has 0 aliphatic rings.